The van der Waals surface area contributed by atoms with Gasteiger partial charge in [0, 0.05) is 6.42 Å². The fourth-order valence-corrected chi connectivity index (χ4v) is 2.74. The summed E-state index contributed by atoms with van der Waals surface area (Å²) in [6.07, 6.45) is -1.84. The summed E-state index contributed by atoms with van der Waals surface area (Å²) in [5.74, 6) is -7.71. The fraction of sp³-hybridized carbons (Fsp3) is 0.632. The van der Waals surface area contributed by atoms with Crippen molar-refractivity contribution in [1.82, 2.24) is 16.0 Å². The summed E-state index contributed by atoms with van der Waals surface area (Å²) in [4.78, 5) is 82.0. The lowest BCUT2D eigenvalue weighted by Crippen LogP contribution is -2.58. The van der Waals surface area contributed by atoms with E-state index < -0.39 is 78.5 Å². The first-order chi connectivity index (χ1) is 15.6. The van der Waals surface area contributed by atoms with Crippen LogP contribution in [-0.2, 0) is 33.6 Å². The topological polar surface area (TPSA) is 274 Å². The van der Waals surface area contributed by atoms with Crippen LogP contribution in [0, 0.1) is 5.92 Å². The molecule has 15 nitrogen and oxygen atoms in total. The molecule has 192 valence electrons. The van der Waals surface area contributed by atoms with Crippen LogP contribution in [0.4, 0.5) is 0 Å². The number of primary amides is 2. The van der Waals surface area contributed by atoms with Gasteiger partial charge in [-0.25, -0.2) is 4.79 Å². The second-order valence-corrected chi connectivity index (χ2v) is 8.03. The molecule has 0 aliphatic heterocycles. The predicted molar refractivity (Wildman–Crippen MR) is 115 cm³/mol. The van der Waals surface area contributed by atoms with Crippen molar-refractivity contribution in [3.8, 4) is 0 Å². The second-order valence-electron chi connectivity index (χ2n) is 8.03. The maximum atomic E-state index is 12.8. The first kappa shape index (κ1) is 30.2. The first-order valence-electron chi connectivity index (χ1n) is 10.3. The Hall–Kier alpha value is -3.75. The molecule has 0 aromatic rings. The summed E-state index contributed by atoms with van der Waals surface area (Å²) in [6, 6.07) is -5.82. The highest BCUT2D eigenvalue weighted by atomic mass is 16.4. The van der Waals surface area contributed by atoms with Crippen LogP contribution in [-0.4, -0.2) is 75.9 Å². The van der Waals surface area contributed by atoms with Crippen LogP contribution in [0.3, 0.4) is 0 Å². The number of hydrogen-bond acceptors (Lipinski definition) is 8. The van der Waals surface area contributed by atoms with Crippen LogP contribution in [0.15, 0.2) is 0 Å². The third-order valence-corrected chi connectivity index (χ3v) is 4.41. The van der Waals surface area contributed by atoms with E-state index >= 15 is 0 Å². The molecule has 0 saturated carbocycles. The van der Waals surface area contributed by atoms with Crippen molar-refractivity contribution in [3.63, 3.8) is 0 Å². The van der Waals surface area contributed by atoms with Gasteiger partial charge in [0.1, 0.15) is 18.1 Å². The maximum Gasteiger partial charge on any atom is 0.326 e. The van der Waals surface area contributed by atoms with E-state index in [-0.39, 0.29) is 25.2 Å². The van der Waals surface area contributed by atoms with E-state index in [4.69, 9.17) is 27.4 Å². The Kier molecular flexibility index (Phi) is 12.8. The Morgan fingerprint density at radius 2 is 1.24 bits per heavy atom. The van der Waals surface area contributed by atoms with E-state index in [1.54, 1.807) is 13.8 Å². The molecule has 0 heterocycles. The molecule has 0 fully saturated rings. The Morgan fingerprint density at radius 1 is 0.735 bits per heavy atom. The number of aliphatic carboxylic acids is 2. The monoisotopic (exact) mass is 488 g/mol. The van der Waals surface area contributed by atoms with Gasteiger partial charge in [-0.1, -0.05) is 13.8 Å². The van der Waals surface area contributed by atoms with Crippen LogP contribution >= 0.6 is 0 Å². The minimum Gasteiger partial charge on any atom is -0.481 e. The third-order valence-electron chi connectivity index (χ3n) is 4.41. The van der Waals surface area contributed by atoms with Gasteiger partial charge >= 0.3 is 11.9 Å². The van der Waals surface area contributed by atoms with Crippen molar-refractivity contribution in [3.05, 3.63) is 0 Å². The van der Waals surface area contributed by atoms with Gasteiger partial charge in [-0.2, -0.15) is 0 Å². The molecule has 11 N–H and O–H groups in total. The zero-order chi connectivity index (χ0) is 26.6. The number of nitrogens with one attached hydrogen (secondary N) is 3. The molecule has 0 radical (unpaired) electrons. The van der Waals surface area contributed by atoms with E-state index in [2.05, 4.69) is 10.6 Å². The van der Waals surface area contributed by atoms with E-state index in [1.807, 2.05) is 5.32 Å². The highest BCUT2D eigenvalue weighted by Gasteiger charge is 2.32. The lowest BCUT2D eigenvalue weighted by Gasteiger charge is -2.25. The normalized spacial score (nSPS) is 14.2. The lowest BCUT2D eigenvalue weighted by molar-refractivity contribution is -0.147. The molecule has 0 aromatic carbocycles. The number of nitrogens with two attached hydrogens (primary N) is 3. The molecule has 34 heavy (non-hydrogen) atoms. The number of carbonyl (C=O) groups excluding carboxylic acids is 5. The van der Waals surface area contributed by atoms with Crippen molar-refractivity contribution in [2.24, 2.45) is 23.1 Å². The SMILES string of the molecule is CC(C)CC(NC(=O)C(CC(N)=O)NC(=O)C(N)CCC(N)=O)C(=O)NC(CC(=O)O)C(=O)O. The van der Waals surface area contributed by atoms with E-state index in [1.165, 1.54) is 0 Å². The van der Waals surface area contributed by atoms with Gasteiger partial charge in [0.25, 0.3) is 0 Å². The van der Waals surface area contributed by atoms with Gasteiger partial charge in [-0.3, -0.25) is 28.8 Å². The first-order valence-corrected chi connectivity index (χ1v) is 10.3. The summed E-state index contributed by atoms with van der Waals surface area (Å²) >= 11 is 0. The summed E-state index contributed by atoms with van der Waals surface area (Å²) in [5, 5.41) is 24.5. The van der Waals surface area contributed by atoms with Gasteiger partial charge < -0.3 is 43.4 Å². The summed E-state index contributed by atoms with van der Waals surface area (Å²) in [5.41, 5.74) is 15.8. The molecule has 4 atom stereocenters. The van der Waals surface area contributed by atoms with Crippen LogP contribution in [0.1, 0.15) is 46.0 Å². The van der Waals surface area contributed by atoms with Crippen molar-refractivity contribution in [2.75, 3.05) is 0 Å². The quantitative estimate of drug-likeness (QED) is 0.106. The molecule has 0 aromatic heterocycles. The largest absolute Gasteiger partial charge is 0.481 e. The third kappa shape index (κ3) is 12.3. The second kappa shape index (κ2) is 14.4. The Labute approximate surface area is 195 Å². The van der Waals surface area contributed by atoms with Crippen LogP contribution in [0.25, 0.3) is 0 Å². The molecule has 15 heteroatoms. The van der Waals surface area contributed by atoms with E-state index in [0.29, 0.717) is 0 Å². The van der Waals surface area contributed by atoms with Gasteiger partial charge in [-0.05, 0) is 18.8 Å². The number of amides is 5. The number of carboxylic acids is 2. The number of carboxylic acid groups (broad SMARTS) is 2. The molecule has 4 unspecified atom stereocenters. The zero-order valence-corrected chi connectivity index (χ0v) is 18.9. The van der Waals surface area contributed by atoms with Gasteiger partial charge in [-0.15, -0.1) is 0 Å². The lowest BCUT2D eigenvalue weighted by atomic mass is 10.0. The molecule has 0 rings (SSSR count). The molecule has 0 spiro atoms. The summed E-state index contributed by atoms with van der Waals surface area (Å²) < 4.78 is 0. The standard InChI is InChI=1S/C19H32N6O9/c1-8(2)5-10(17(31)25-12(19(33)34)7-15(28)29)24-18(32)11(6-14(22)27)23-16(30)9(20)3-4-13(21)26/h8-12H,3-7,20H2,1-2H3,(H2,21,26)(H2,22,27)(H,23,30)(H,24,32)(H,25,31)(H,28,29)(H,33,34). The van der Waals surface area contributed by atoms with Crippen molar-refractivity contribution in [1.29, 1.82) is 0 Å². The van der Waals surface area contributed by atoms with Gasteiger partial charge in [0.15, 0.2) is 0 Å². The molecular formula is C19H32N6O9. The molecule has 0 bridgehead atoms. The van der Waals surface area contributed by atoms with E-state index in [0.717, 1.165) is 0 Å². The minimum absolute atomic E-state index is 0.0202. The summed E-state index contributed by atoms with van der Waals surface area (Å²) in [6.45, 7) is 3.41. The van der Waals surface area contributed by atoms with Crippen molar-refractivity contribution in [2.45, 2.75) is 70.1 Å². The zero-order valence-electron chi connectivity index (χ0n) is 18.9. The molecule has 0 saturated heterocycles. The molecule has 5 amide bonds. The van der Waals surface area contributed by atoms with Crippen LogP contribution < -0.4 is 33.2 Å². The molecular weight excluding hydrogens is 456 g/mol. The maximum absolute atomic E-state index is 12.8. The highest BCUT2D eigenvalue weighted by Crippen LogP contribution is 2.08. The number of hydrogen-bond donors (Lipinski definition) is 8. The average molecular weight is 488 g/mol. The van der Waals surface area contributed by atoms with E-state index in [9.17, 15) is 33.6 Å². The molecule has 0 aliphatic rings. The Bertz CT molecular complexity index is 801. The highest BCUT2D eigenvalue weighted by molar-refractivity contribution is 5.96. The summed E-state index contributed by atoms with van der Waals surface area (Å²) in [7, 11) is 0. The minimum atomic E-state index is -1.75. The Balaban J connectivity index is 5.52. The van der Waals surface area contributed by atoms with Gasteiger partial charge in [0.05, 0.1) is 18.9 Å². The number of rotatable bonds is 16. The number of carbonyl (C=O) groups is 7. The Morgan fingerprint density at radius 3 is 1.68 bits per heavy atom. The van der Waals surface area contributed by atoms with Gasteiger partial charge in [0.2, 0.25) is 29.5 Å². The van der Waals surface area contributed by atoms with Crippen molar-refractivity contribution >= 4 is 41.5 Å². The predicted octanol–water partition coefficient (Wildman–Crippen LogP) is -3.49. The smallest absolute Gasteiger partial charge is 0.326 e. The van der Waals surface area contributed by atoms with Crippen LogP contribution in [0.5, 0.6) is 0 Å². The fourth-order valence-electron chi connectivity index (χ4n) is 2.74. The average Bonchev–Trinajstić information content (AvgIpc) is 2.68. The molecule has 0 aliphatic carbocycles. The van der Waals surface area contributed by atoms with Crippen molar-refractivity contribution < 1.29 is 43.8 Å². The van der Waals surface area contributed by atoms with Crippen LogP contribution in [0.2, 0.25) is 0 Å².